The van der Waals surface area contributed by atoms with Gasteiger partial charge in [-0.05, 0) is 42.4 Å². The van der Waals surface area contributed by atoms with E-state index in [1.165, 1.54) is 32.1 Å². The molecular weight excluding hydrogens is 272 g/mol. The molecule has 3 N–H and O–H groups in total. The Morgan fingerprint density at radius 3 is 2.70 bits per heavy atom. The molecule has 1 aromatic rings. The second-order valence-corrected chi connectivity index (χ2v) is 6.42. The van der Waals surface area contributed by atoms with Crippen molar-refractivity contribution in [2.24, 2.45) is 11.7 Å². The smallest absolute Gasteiger partial charge is 0.224 e. The Labute approximate surface area is 124 Å². The minimum Gasteiger partial charge on any atom is -0.325 e. The number of hydrogen-bond donors (Lipinski definition) is 2. The fraction of sp³-hybridized carbons (Fsp3) is 0.562. The maximum atomic E-state index is 11.4. The van der Waals surface area contributed by atoms with E-state index in [-0.39, 0.29) is 11.9 Å². The maximum Gasteiger partial charge on any atom is 0.224 e. The Hall–Kier alpha value is -1.06. The van der Waals surface area contributed by atoms with Crippen LogP contribution >= 0.6 is 11.6 Å². The molecule has 1 aliphatic carbocycles. The summed E-state index contributed by atoms with van der Waals surface area (Å²) in [6.45, 7) is 0. The Bertz CT molecular complexity index is 523. The number of nitrogens with two attached hydrogens (primary N) is 1. The Morgan fingerprint density at radius 1 is 1.20 bits per heavy atom. The fourth-order valence-corrected chi connectivity index (χ4v) is 3.73. The molecule has 20 heavy (non-hydrogen) atoms. The molecule has 0 bridgehead atoms. The van der Waals surface area contributed by atoms with Crippen LogP contribution in [0.5, 0.6) is 0 Å². The van der Waals surface area contributed by atoms with E-state index < -0.39 is 0 Å². The van der Waals surface area contributed by atoms with Gasteiger partial charge in [0.15, 0.2) is 0 Å². The van der Waals surface area contributed by atoms with Crippen LogP contribution in [0.2, 0.25) is 5.02 Å². The monoisotopic (exact) mass is 292 g/mol. The summed E-state index contributed by atoms with van der Waals surface area (Å²) in [5, 5.41) is 3.48. The van der Waals surface area contributed by atoms with Gasteiger partial charge in [-0.1, -0.05) is 36.9 Å². The summed E-state index contributed by atoms with van der Waals surface area (Å²) in [6, 6.07) is 4.14. The predicted octanol–water partition coefficient (Wildman–Crippen LogP) is 3.80. The van der Waals surface area contributed by atoms with Gasteiger partial charge in [-0.15, -0.1) is 0 Å². The van der Waals surface area contributed by atoms with Gasteiger partial charge in [-0.25, -0.2) is 0 Å². The number of aryl methyl sites for hydroxylation is 1. The number of amides is 1. The Balaban J connectivity index is 1.87. The number of rotatable bonds is 2. The van der Waals surface area contributed by atoms with Gasteiger partial charge in [0.05, 0.1) is 10.7 Å². The van der Waals surface area contributed by atoms with Gasteiger partial charge in [0.2, 0.25) is 5.91 Å². The molecule has 3 nitrogen and oxygen atoms in total. The van der Waals surface area contributed by atoms with E-state index in [2.05, 4.69) is 11.4 Å². The molecule has 0 spiro atoms. The molecule has 0 aromatic heterocycles. The lowest BCUT2D eigenvalue weighted by Crippen LogP contribution is -2.25. The van der Waals surface area contributed by atoms with Gasteiger partial charge >= 0.3 is 0 Å². The molecular formula is C16H21ClN2O. The summed E-state index contributed by atoms with van der Waals surface area (Å²) in [4.78, 5) is 11.4. The molecule has 4 heteroatoms. The molecule has 3 rings (SSSR count). The fourth-order valence-electron chi connectivity index (χ4n) is 3.43. The molecule has 0 radical (unpaired) electrons. The first-order valence-corrected chi connectivity index (χ1v) is 7.90. The quantitative estimate of drug-likeness (QED) is 0.871. The van der Waals surface area contributed by atoms with Gasteiger partial charge in [0, 0.05) is 12.5 Å². The molecule has 1 fully saturated rings. The lowest BCUT2D eigenvalue weighted by atomic mass is 9.81. The van der Waals surface area contributed by atoms with Crippen LogP contribution in [0, 0.1) is 5.92 Å². The highest BCUT2D eigenvalue weighted by molar-refractivity contribution is 6.34. The second kappa shape index (κ2) is 5.74. The van der Waals surface area contributed by atoms with Crippen molar-refractivity contribution in [1.82, 2.24) is 0 Å². The highest BCUT2D eigenvalue weighted by Crippen LogP contribution is 2.38. The Kier molecular flexibility index (Phi) is 3.99. The number of carbonyl (C=O) groups excluding carboxylic acids is 1. The van der Waals surface area contributed by atoms with Crippen molar-refractivity contribution in [1.29, 1.82) is 0 Å². The highest BCUT2D eigenvalue weighted by Gasteiger charge is 2.25. The van der Waals surface area contributed by atoms with E-state index in [4.69, 9.17) is 17.3 Å². The zero-order valence-corrected chi connectivity index (χ0v) is 12.4. The minimum absolute atomic E-state index is 0.0451. The Morgan fingerprint density at radius 2 is 1.95 bits per heavy atom. The van der Waals surface area contributed by atoms with Crippen molar-refractivity contribution in [3.63, 3.8) is 0 Å². The van der Waals surface area contributed by atoms with Crippen LogP contribution in [0.3, 0.4) is 0 Å². The molecule has 108 valence electrons. The van der Waals surface area contributed by atoms with Crippen molar-refractivity contribution in [3.8, 4) is 0 Å². The van der Waals surface area contributed by atoms with E-state index in [9.17, 15) is 4.79 Å². The molecule has 1 amide bonds. The first kappa shape index (κ1) is 13.9. The average molecular weight is 293 g/mol. The highest BCUT2D eigenvalue weighted by atomic mass is 35.5. The summed E-state index contributed by atoms with van der Waals surface area (Å²) < 4.78 is 0. The van der Waals surface area contributed by atoms with E-state index in [0.29, 0.717) is 17.4 Å². The van der Waals surface area contributed by atoms with Crippen molar-refractivity contribution in [3.05, 3.63) is 28.3 Å². The number of carbonyl (C=O) groups is 1. The topological polar surface area (TPSA) is 55.1 Å². The predicted molar refractivity (Wildman–Crippen MR) is 81.9 cm³/mol. The van der Waals surface area contributed by atoms with Gasteiger partial charge in [-0.3, -0.25) is 4.79 Å². The molecule has 1 heterocycles. The van der Waals surface area contributed by atoms with Crippen LogP contribution < -0.4 is 11.1 Å². The van der Waals surface area contributed by atoms with Crippen LogP contribution in [-0.4, -0.2) is 5.91 Å². The molecule has 0 saturated heterocycles. The zero-order chi connectivity index (χ0) is 14.1. The standard InChI is InChI=1S/C16H21ClN2O/c17-13-9-12(15(18)10-4-2-1-3-5-10)8-11-6-7-14(20)19-16(11)13/h8-10,15H,1-7,18H2,(H,19,20). The molecule has 1 unspecified atom stereocenters. The SMILES string of the molecule is NC(c1cc(Cl)c2c(c1)CCC(=O)N2)C1CCCCC1. The van der Waals surface area contributed by atoms with Crippen LogP contribution in [0.1, 0.15) is 55.7 Å². The van der Waals surface area contributed by atoms with E-state index in [1.807, 2.05) is 6.07 Å². The molecule has 1 atom stereocenters. The largest absolute Gasteiger partial charge is 0.325 e. The average Bonchev–Trinajstić information content (AvgIpc) is 2.48. The summed E-state index contributed by atoms with van der Waals surface area (Å²) in [5.41, 5.74) is 9.48. The number of halogens is 1. The zero-order valence-electron chi connectivity index (χ0n) is 11.6. The summed E-state index contributed by atoms with van der Waals surface area (Å²) in [6.07, 6.45) is 7.62. The lowest BCUT2D eigenvalue weighted by molar-refractivity contribution is -0.116. The number of benzene rings is 1. The van der Waals surface area contributed by atoms with Gasteiger partial charge < -0.3 is 11.1 Å². The summed E-state index contributed by atoms with van der Waals surface area (Å²) in [7, 11) is 0. The lowest BCUT2D eigenvalue weighted by Gasteiger charge is -2.29. The first-order chi connectivity index (χ1) is 9.65. The van der Waals surface area contributed by atoms with E-state index in [0.717, 1.165) is 23.2 Å². The number of anilines is 1. The van der Waals surface area contributed by atoms with E-state index in [1.54, 1.807) is 0 Å². The number of nitrogens with one attached hydrogen (secondary N) is 1. The van der Waals surface area contributed by atoms with E-state index >= 15 is 0 Å². The maximum absolute atomic E-state index is 11.4. The van der Waals surface area contributed by atoms with Gasteiger partial charge in [-0.2, -0.15) is 0 Å². The van der Waals surface area contributed by atoms with Crippen LogP contribution in [-0.2, 0) is 11.2 Å². The third-order valence-corrected chi connectivity index (χ3v) is 4.92. The van der Waals surface area contributed by atoms with Gasteiger partial charge in [0.25, 0.3) is 0 Å². The summed E-state index contributed by atoms with van der Waals surface area (Å²) >= 11 is 6.33. The third-order valence-electron chi connectivity index (χ3n) is 4.62. The minimum atomic E-state index is 0.0451. The molecule has 2 aliphatic rings. The molecule has 1 aliphatic heterocycles. The van der Waals surface area contributed by atoms with Gasteiger partial charge in [0.1, 0.15) is 0 Å². The van der Waals surface area contributed by atoms with Crippen LogP contribution in [0.25, 0.3) is 0 Å². The van der Waals surface area contributed by atoms with Crippen LogP contribution in [0.4, 0.5) is 5.69 Å². The second-order valence-electron chi connectivity index (χ2n) is 6.01. The van der Waals surface area contributed by atoms with Crippen LogP contribution in [0.15, 0.2) is 12.1 Å². The summed E-state index contributed by atoms with van der Waals surface area (Å²) in [5.74, 6) is 0.611. The third kappa shape index (κ3) is 2.70. The number of fused-ring (bicyclic) bond motifs is 1. The van der Waals surface area contributed by atoms with Crippen molar-refractivity contribution >= 4 is 23.2 Å². The van der Waals surface area contributed by atoms with Crippen molar-refractivity contribution in [2.75, 3.05) is 5.32 Å². The normalized spacial score (nSPS) is 21.2. The molecule has 1 saturated carbocycles. The van der Waals surface area contributed by atoms with Crippen molar-refractivity contribution in [2.45, 2.75) is 51.0 Å². The number of hydrogen-bond acceptors (Lipinski definition) is 2. The molecule has 1 aromatic carbocycles. The van der Waals surface area contributed by atoms with Crippen molar-refractivity contribution < 1.29 is 4.79 Å². The first-order valence-electron chi connectivity index (χ1n) is 7.53.